The fourth-order valence-electron chi connectivity index (χ4n) is 4.95. The molecule has 2 bridgehead atoms. The topological polar surface area (TPSA) is 73.9 Å². The third kappa shape index (κ3) is 8.15. The fourth-order valence-corrected chi connectivity index (χ4v) is 4.95. The van der Waals surface area contributed by atoms with Gasteiger partial charge in [-0.1, -0.05) is 19.3 Å². The van der Waals surface area contributed by atoms with Crippen molar-refractivity contribution >= 4 is 12.1 Å². The molecule has 6 nitrogen and oxygen atoms in total. The summed E-state index contributed by atoms with van der Waals surface area (Å²) in [7, 11) is 1.67. The molecule has 2 aliphatic rings. The number of hydrogen-bond donors (Lipinski definition) is 1. The van der Waals surface area contributed by atoms with Crippen LogP contribution in [0.5, 0.6) is 0 Å². The van der Waals surface area contributed by atoms with Crippen molar-refractivity contribution in [2.24, 2.45) is 17.8 Å². The zero-order chi connectivity index (χ0) is 21.6. The Morgan fingerprint density at radius 2 is 1.69 bits per heavy atom. The lowest BCUT2D eigenvalue weighted by molar-refractivity contribution is -0.157. The molecule has 1 amide bonds. The molecule has 2 unspecified atom stereocenters. The molecule has 2 rings (SSSR count). The van der Waals surface area contributed by atoms with Gasteiger partial charge < -0.3 is 19.5 Å². The number of fused-ring (bicyclic) bond motifs is 2. The number of esters is 1. The molecule has 0 heterocycles. The maximum atomic E-state index is 12.4. The van der Waals surface area contributed by atoms with E-state index in [4.69, 9.17) is 14.2 Å². The molecule has 1 N–H and O–H groups in total. The van der Waals surface area contributed by atoms with Crippen molar-refractivity contribution in [3.05, 3.63) is 0 Å². The van der Waals surface area contributed by atoms with E-state index in [1.165, 1.54) is 38.5 Å². The highest BCUT2D eigenvalue weighted by atomic mass is 16.6. The van der Waals surface area contributed by atoms with E-state index in [9.17, 15) is 9.59 Å². The summed E-state index contributed by atoms with van der Waals surface area (Å²) >= 11 is 0. The number of ether oxygens (including phenoxy) is 3. The van der Waals surface area contributed by atoms with E-state index < -0.39 is 23.7 Å². The number of alkyl carbamates (subject to hydrolysis) is 1. The molecular formula is C23H41NO5. The SMILES string of the molecule is CO[C@@H](CCC1CC2CCCC(C2)C1)[C@H](C)OC(=O)[C@H](C)NC(=O)OC(C)(C)C. The van der Waals surface area contributed by atoms with Crippen LogP contribution in [0, 0.1) is 17.8 Å². The zero-order valence-corrected chi connectivity index (χ0v) is 19.2. The van der Waals surface area contributed by atoms with Crippen molar-refractivity contribution in [2.45, 2.75) is 110 Å². The van der Waals surface area contributed by atoms with Crippen LogP contribution >= 0.6 is 0 Å². The Balaban J connectivity index is 1.75. The summed E-state index contributed by atoms with van der Waals surface area (Å²) in [6, 6.07) is -0.775. The maximum absolute atomic E-state index is 12.4. The summed E-state index contributed by atoms with van der Waals surface area (Å²) in [4.78, 5) is 24.2. The van der Waals surface area contributed by atoms with Gasteiger partial charge in [0.05, 0.1) is 6.10 Å². The Morgan fingerprint density at radius 1 is 1.07 bits per heavy atom. The number of carbonyl (C=O) groups excluding carboxylic acids is 2. The van der Waals surface area contributed by atoms with Crippen LogP contribution in [0.25, 0.3) is 0 Å². The summed E-state index contributed by atoms with van der Waals surface area (Å²) in [6.07, 6.45) is 9.23. The Hall–Kier alpha value is -1.30. The van der Waals surface area contributed by atoms with Gasteiger partial charge in [-0.05, 0) is 84.5 Å². The summed E-state index contributed by atoms with van der Waals surface area (Å²) in [5.41, 5.74) is -0.611. The van der Waals surface area contributed by atoms with Gasteiger partial charge in [0.2, 0.25) is 0 Å². The first-order chi connectivity index (χ1) is 13.6. The molecule has 29 heavy (non-hydrogen) atoms. The molecule has 0 aliphatic heterocycles. The molecule has 2 fully saturated rings. The molecule has 0 radical (unpaired) electrons. The lowest BCUT2D eigenvalue weighted by Crippen LogP contribution is -2.44. The first-order valence-electron chi connectivity index (χ1n) is 11.3. The van der Waals surface area contributed by atoms with Crippen LogP contribution in [0.1, 0.15) is 86.0 Å². The minimum Gasteiger partial charge on any atom is -0.458 e. The van der Waals surface area contributed by atoms with E-state index >= 15 is 0 Å². The maximum Gasteiger partial charge on any atom is 0.408 e. The second-order valence-electron chi connectivity index (χ2n) is 10.1. The van der Waals surface area contributed by atoms with Crippen LogP contribution in [-0.2, 0) is 19.0 Å². The zero-order valence-electron chi connectivity index (χ0n) is 19.2. The molecule has 168 valence electrons. The van der Waals surface area contributed by atoms with Crippen LogP contribution in [0.2, 0.25) is 0 Å². The van der Waals surface area contributed by atoms with Crippen LogP contribution < -0.4 is 5.32 Å². The van der Waals surface area contributed by atoms with Gasteiger partial charge in [0.1, 0.15) is 17.7 Å². The molecule has 6 heteroatoms. The lowest BCUT2D eigenvalue weighted by Gasteiger charge is -2.39. The van der Waals surface area contributed by atoms with E-state index in [2.05, 4.69) is 5.32 Å². The van der Waals surface area contributed by atoms with Gasteiger partial charge in [-0.15, -0.1) is 0 Å². The standard InChI is InChI=1S/C23H41NO5/c1-15(24-22(26)29-23(3,4)5)21(25)28-16(2)20(27-6)11-10-19-13-17-8-7-9-18(12-17)14-19/h15-20H,7-14H2,1-6H3,(H,24,26)/t15-,16-,17?,18?,19?,20-/m0/s1. The van der Waals surface area contributed by atoms with Gasteiger partial charge in [-0.3, -0.25) is 0 Å². The van der Waals surface area contributed by atoms with E-state index in [-0.39, 0.29) is 12.2 Å². The number of carbonyl (C=O) groups is 2. The number of rotatable bonds is 8. The average Bonchev–Trinajstić information content (AvgIpc) is 2.60. The van der Waals surface area contributed by atoms with Crippen molar-refractivity contribution < 1.29 is 23.8 Å². The summed E-state index contributed by atoms with van der Waals surface area (Å²) in [6.45, 7) is 8.80. The van der Waals surface area contributed by atoms with Crippen molar-refractivity contribution in [3.63, 3.8) is 0 Å². The van der Waals surface area contributed by atoms with Crippen molar-refractivity contribution in [2.75, 3.05) is 7.11 Å². The highest BCUT2D eigenvalue weighted by Gasteiger charge is 2.33. The van der Waals surface area contributed by atoms with Gasteiger partial charge >= 0.3 is 12.1 Å². The third-order valence-electron chi connectivity index (χ3n) is 6.30. The number of hydrogen-bond acceptors (Lipinski definition) is 5. The Labute approximate surface area is 176 Å². The van der Waals surface area contributed by atoms with Crippen molar-refractivity contribution in [1.29, 1.82) is 0 Å². The summed E-state index contributed by atoms with van der Waals surface area (Å²) in [5, 5.41) is 2.53. The van der Waals surface area contributed by atoms with Gasteiger partial charge in [0.25, 0.3) is 0 Å². The van der Waals surface area contributed by atoms with Crippen LogP contribution in [0.15, 0.2) is 0 Å². The van der Waals surface area contributed by atoms with Crippen LogP contribution in [-0.4, -0.2) is 43.0 Å². The molecule has 2 aliphatic carbocycles. The molecule has 0 aromatic rings. The quantitative estimate of drug-likeness (QED) is 0.578. The van der Waals surface area contributed by atoms with E-state index in [0.29, 0.717) is 0 Å². The molecule has 0 aromatic carbocycles. The van der Waals surface area contributed by atoms with Crippen LogP contribution in [0.3, 0.4) is 0 Å². The van der Waals surface area contributed by atoms with Crippen molar-refractivity contribution in [1.82, 2.24) is 5.32 Å². The Bertz CT molecular complexity index is 532. The molecule has 0 saturated heterocycles. The second-order valence-corrected chi connectivity index (χ2v) is 10.1. The Morgan fingerprint density at radius 3 is 2.24 bits per heavy atom. The normalized spacial score (nSPS) is 27.4. The van der Waals surface area contributed by atoms with Gasteiger partial charge in [0.15, 0.2) is 0 Å². The third-order valence-corrected chi connectivity index (χ3v) is 6.30. The number of amides is 1. The highest BCUT2D eigenvalue weighted by molar-refractivity contribution is 5.81. The second kappa shape index (κ2) is 10.6. The first-order valence-corrected chi connectivity index (χ1v) is 11.3. The van der Waals surface area contributed by atoms with Gasteiger partial charge in [-0.25, -0.2) is 9.59 Å². The monoisotopic (exact) mass is 411 g/mol. The van der Waals surface area contributed by atoms with E-state index in [1.807, 2.05) is 6.92 Å². The Kier molecular flexibility index (Phi) is 8.80. The highest BCUT2D eigenvalue weighted by Crippen LogP contribution is 2.44. The predicted octanol–water partition coefficient (Wildman–Crippen LogP) is 4.84. The molecule has 5 atom stereocenters. The number of nitrogens with one attached hydrogen (secondary N) is 1. The minimum atomic E-state index is -0.775. The van der Waals surface area contributed by atoms with Gasteiger partial charge in [0, 0.05) is 7.11 Å². The average molecular weight is 412 g/mol. The minimum absolute atomic E-state index is 0.130. The number of methoxy groups -OCH3 is 1. The van der Waals surface area contributed by atoms with E-state index in [0.717, 1.165) is 30.6 Å². The van der Waals surface area contributed by atoms with Crippen LogP contribution in [0.4, 0.5) is 4.79 Å². The lowest BCUT2D eigenvalue weighted by atomic mass is 9.67. The van der Waals surface area contributed by atoms with Gasteiger partial charge in [-0.2, -0.15) is 0 Å². The largest absolute Gasteiger partial charge is 0.458 e. The fraction of sp³-hybridized carbons (Fsp3) is 0.913. The first kappa shape index (κ1) is 24.0. The predicted molar refractivity (Wildman–Crippen MR) is 113 cm³/mol. The smallest absolute Gasteiger partial charge is 0.408 e. The summed E-state index contributed by atoms with van der Waals surface area (Å²) < 4.78 is 16.4. The molecular weight excluding hydrogens is 370 g/mol. The van der Waals surface area contributed by atoms with E-state index in [1.54, 1.807) is 34.8 Å². The summed E-state index contributed by atoms with van der Waals surface area (Å²) in [5.74, 6) is 2.14. The molecule has 0 spiro atoms. The van der Waals surface area contributed by atoms with Crippen molar-refractivity contribution in [3.8, 4) is 0 Å². The molecule has 0 aromatic heterocycles. The molecule has 2 saturated carbocycles.